The zero-order chi connectivity index (χ0) is 16.7. The predicted molar refractivity (Wildman–Crippen MR) is 94.1 cm³/mol. The molecule has 7 heteroatoms. The van der Waals surface area contributed by atoms with Gasteiger partial charge >= 0.3 is 0 Å². The van der Waals surface area contributed by atoms with Gasteiger partial charge in [0, 0.05) is 17.4 Å². The highest BCUT2D eigenvalue weighted by Gasteiger charge is 2.18. The van der Waals surface area contributed by atoms with Crippen LogP contribution in [0.2, 0.25) is 10.2 Å². The second kappa shape index (κ2) is 5.98. The second-order valence-corrected chi connectivity index (χ2v) is 6.57. The molecule has 0 unspecified atom stereocenters. The Balaban J connectivity index is 2.20. The van der Waals surface area contributed by atoms with E-state index < -0.39 is 0 Å². The summed E-state index contributed by atoms with van der Waals surface area (Å²) in [5, 5.41) is 1.92. The average Bonchev–Trinajstić information content (AvgIpc) is 2.83. The molecule has 3 aromatic heterocycles. The zero-order valence-corrected chi connectivity index (χ0v) is 14.7. The summed E-state index contributed by atoms with van der Waals surface area (Å²) in [5.74, 6) is 0.449. The molecule has 0 bridgehead atoms. The summed E-state index contributed by atoms with van der Waals surface area (Å²) in [7, 11) is 0. The number of nitrogens with zero attached hydrogens (tertiary/aromatic N) is 4. The second-order valence-electron chi connectivity index (χ2n) is 5.80. The summed E-state index contributed by atoms with van der Waals surface area (Å²) in [6, 6.07) is 1.78. The molecule has 0 fully saturated rings. The highest BCUT2D eigenvalue weighted by atomic mass is 35.5. The third-order valence-corrected chi connectivity index (χ3v) is 4.59. The van der Waals surface area contributed by atoms with Crippen LogP contribution in [0.5, 0.6) is 0 Å². The van der Waals surface area contributed by atoms with Crippen molar-refractivity contribution in [3.05, 3.63) is 45.5 Å². The largest absolute Gasteiger partial charge is 0.368 e. The van der Waals surface area contributed by atoms with Gasteiger partial charge in [-0.3, -0.25) is 4.98 Å². The van der Waals surface area contributed by atoms with Crippen molar-refractivity contribution >= 4 is 40.2 Å². The fraction of sp³-hybridized carbons (Fsp3) is 0.312. The Labute approximate surface area is 144 Å². The fourth-order valence-corrected chi connectivity index (χ4v) is 3.06. The minimum atomic E-state index is 0.160. The lowest BCUT2D eigenvalue weighted by atomic mass is 10.0. The number of pyridine rings is 1. The Bertz CT molecular complexity index is 886. The van der Waals surface area contributed by atoms with Crippen LogP contribution in [-0.4, -0.2) is 19.5 Å². The monoisotopic (exact) mass is 349 g/mol. The molecular weight excluding hydrogens is 333 g/mol. The number of fused-ring (bicyclic) bond motifs is 1. The van der Waals surface area contributed by atoms with E-state index in [0.717, 1.165) is 22.2 Å². The first kappa shape index (κ1) is 16.0. The molecule has 0 aliphatic heterocycles. The highest BCUT2D eigenvalue weighted by molar-refractivity contribution is 6.34. The van der Waals surface area contributed by atoms with Gasteiger partial charge < -0.3 is 10.3 Å². The molecular formula is C16H17Cl2N5. The van der Waals surface area contributed by atoms with Crippen LogP contribution in [0.25, 0.3) is 11.0 Å². The molecule has 3 heterocycles. The van der Waals surface area contributed by atoms with Gasteiger partial charge in [0.15, 0.2) is 0 Å². The minimum Gasteiger partial charge on any atom is -0.368 e. The fourth-order valence-electron chi connectivity index (χ4n) is 2.62. The van der Waals surface area contributed by atoms with Crippen molar-refractivity contribution in [2.24, 2.45) is 0 Å². The summed E-state index contributed by atoms with van der Waals surface area (Å²) >= 11 is 12.5. The van der Waals surface area contributed by atoms with Crippen LogP contribution in [0, 0.1) is 6.92 Å². The lowest BCUT2D eigenvalue weighted by molar-refractivity contribution is 0.776. The highest BCUT2D eigenvalue weighted by Crippen LogP contribution is 2.32. The van der Waals surface area contributed by atoms with Crippen LogP contribution in [-0.2, 0) is 6.54 Å². The van der Waals surface area contributed by atoms with Crippen LogP contribution in [0.4, 0.5) is 5.95 Å². The topological polar surface area (TPSA) is 69.6 Å². The third-order valence-electron chi connectivity index (χ3n) is 3.90. The molecule has 2 N–H and O–H groups in total. The van der Waals surface area contributed by atoms with Crippen molar-refractivity contribution in [1.29, 1.82) is 0 Å². The quantitative estimate of drug-likeness (QED) is 0.719. The Hall–Kier alpha value is -1.85. The van der Waals surface area contributed by atoms with Crippen molar-refractivity contribution in [2.45, 2.75) is 33.2 Å². The number of nitrogen functional groups attached to an aromatic ring is 1. The molecule has 3 rings (SSSR count). The Morgan fingerprint density at radius 1 is 1.26 bits per heavy atom. The summed E-state index contributed by atoms with van der Waals surface area (Å²) in [4.78, 5) is 12.9. The van der Waals surface area contributed by atoms with Crippen LogP contribution < -0.4 is 5.73 Å². The number of halogens is 2. The molecule has 0 amide bonds. The van der Waals surface area contributed by atoms with E-state index in [9.17, 15) is 0 Å². The number of nitrogens with two attached hydrogens (primary N) is 1. The Kier molecular flexibility index (Phi) is 4.17. The molecule has 23 heavy (non-hydrogen) atoms. The van der Waals surface area contributed by atoms with Gasteiger partial charge in [0.2, 0.25) is 5.95 Å². The zero-order valence-electron chi connectivity index (χ0n) is 13.1. The van der Waals surface area contributed by atoms with Gasteiger partial charge in [0.1, 0.15) is 10.8 Å². The van der Waals surface area contributed by atoms with Gasteiger partial charge in [-0.15, -0.1) is 0 Å². The first-order valence-electron chi connectivity index (χ1n) is 7.30. The van der Waals surface area contributed by atoms with E-state index in [0.29, 0.717) is 22.4 Å². The number of hydrogen-bond donors (Lipinski definition) is 1. The predicted octanol–water partition coefficient (Wildman–Crippen LogP) is 4.20. The molecule has 0 atom stereocenters. The van der Waals surface area contributed by atoms with Crippen LogP contribution in [0.3, 0.4) is 0 Å². The van der Waals surface area contributed by atoms with Gasteiger partial charge in [-0.25, -0.2) is 4.98 Å². The smallest absolute Gasteiger partial charge is 0.223 e. The molecule has 0 aliphatic rings. The normalized spacial score (nSPS) is 11.6. The van der Waals surface area contributed by atoms with Crippen molar-refractivity contribution in [2.75, 3.05) is 5.73 Å². The van der Waals surface area contributed by atoms with Gasteiger partial charge in [-0.05, 0) is 30.0 Å². The van der Waals surface area contributed by atoms with E-state index in [1.54, 1.807) is 12.3 Å². The van der Waals surface area contributed by atoms with Gasteiger partial charge in [-0.2, -0.15) is 4.98 Å². The third kappa shape index (κ3) is 2.86. The number of hydrogen-bond acceptors (Lipinski definition) is 4. The van der Waals surface area contributed by atoms with Crippen molar-refractivity contribution in [1.82, 2.24) is 19.5 Å². The van der Waals surface area contributed by atoms with E-state index in [2.05, 4.69) is 28.8 Å². The maximum Gasteiger partial charge on any atom is 0.223 e. The van der Waals surface area contributed by atoms with E-state index in [1.807, 2.05) is 17.7 Å². The molecule has 0 aromatic carbocycles. The molecule has 0 radical (unpaired) electrons. The average molecular weight is 350 g/mol. The summed E-state index contributed by atoms with van der Waals surface area (Å²) in [6.45, 7) is 6.71. The van der Waals surface area contributed by atoms with Gasteiger partial charge in [0.25, 0.3) is 0 Å². The first-order chi connectivity index (χ1) is 10.9. The van der Waals surface area contributed by atoms with E-state index in [-0.39, 0.29) is 11.9 Å². The lowest BCUT2D eigenvalue weighted by Gasteiger charge is -2.08. The van der Waals surface area contributed by atoms with Gasteiger partial charge in [0.05, 0.1) is 17.6 Å². The van der Waals surface area contributed by atoms with Crippen molar-refractivity contribution < 1.29 is 0 Å². The number of aromatic nitrogens is 4. The van der Waals surface area contributed by atoms with Crippen LogP contribution >= 0.6 is 23.2 Å². The van der Waals surface area contributed by atoms with E-state index >= 15 is 0 Å². The Morgan fingerprint density at radius 3 is 2.70 bits per heavy atom. The summed E-state index contributed by atoms with van der Waals surface area (Å²) in [6.07, 6.45) is 3.74. The van der Waals surface area contributed by atoms with E-state index in [1.165, 1.54) is 0 Å². The first-order valence-corrected chi connectivity index (χ1v) is 8.05. The van der Waals surface area contributed by atoms with Crippen molar-refractivity contribution in [3.8, 4) is 0 Å². The van der Waals surface area contributed by atoms with E-state index in [4.69, 9.17) is 28.9 Å². The van der Waals surface area contributed by atoms with Crippen molar-refractivity contribution in [3.63, 3.8) is 0 Å². The molecule has 0 aliphatic carbocycles. The molecule has 0 saturated carbocycles. The molecule has 120 valence electrons. The molecule has 0 spiro atoms. The maximum atomic E-state index is 6.30. The number of rotatable bonds is 3. The summed E-state index contributed by atoms with van der Waals surface area (Å²) < 4.78 is 2.00. The summed E-state index contributed by atoms with van der Waals surface area (Å²) in [5.41, 5.74) is 9.41. The Morgan fingerprint density at radius 2 is 2.00 bits per heavy atom. The van der Waals surface area contributed by atoms with Gasteiger partial charge in [-0.1, -0.05) is 37.0 Å². The SMILES string of the molecule is Cc1c(Cl)ccnc1Cn1cc(C(C)C)c2c(Cl)nc(N)nc21. The standard InChI is InChI=1S/C16H17Cl2N5/c1-8(2)10-6-23(7-12-9(3)11(17)4-5-20-12)15-13(10)14(18)21-16(19)22-15/h4-6,8H,7H2,1-3H3,(H2,19,21,22). The molecule has 3 aromatic rings. The minimum absolute atomic E-state index is 0.160. The van der Waals surface area contributed by atoms with Crippen LogP contribution in [0.15, 0.2) is 18.5 Å². The molecule has 5 nitrogen and oxygen atoms in total. The number of anilines is 1. The lowest BCUT2D eigenvalue weighted by Crippen LogP contribution is -2.05. The maximum absolute atomic E-state index is 6.30. The molecule has 0 saturated heterocycles. The van der Waals surface area contributed by atoms with Crippen LogP contribution in [0.1, 0.15) is 36.6 Å².